The van der Waals surface area contributed by atoms with Crippen LogP contribution in [0.5, 0.6) is 0 Å². The largest absolute Gasteiger partial charge is 0.330 e. The molecule has 0 saturated carbocycles. The van der Waals surface area contributed by atoms with Gasteiger partial charge in [-0.3, -0.25) is 9.48 Å². The second-order valence-corrected chi connectivity index (χ2v) is 9.17. The van der Waals surface area contributed by atoms with Gasteiger partial charge >= 0.3 is 0 Å². The highest BCUT2D eigenvalue weighted by molar-refractivity contribution is 7.88. The highest BCUT2D eigenvalue weighted by Crippen LogP contribution is 2.26. The molecule has 3 heterocycles. The van der Waals surface area contributed by atoms with E-state index in [1.165, 1.54) is 11.3 Å². The molecule has 1 N–H and O–H groups in total. The number of carbonyl (C=O) groups is 1. The number of sulfonamides is 1. The van der Waals surface area contributed by atoms with Gasteiger partial charge in [0.2, 0.25) is 10.0 Å². The van der Waals surface area contributed by atoms with E-state index in [2.05, 4.69) is 9.82 Å². The lowest BCUT2D eigenvalue weighted by Crippen LogP contribution is -2.45. The summed E-state index contributed by atoms with van der Waals surface area (Å²) in [5.74, 6) is -0.0204. The molecule has 130 valence electrons. The molecule has 0 saturated heterocycles. The number of nitrogens with zero attached hydrogens (tertiary/aromatic N) is 3. The number of hydrogen-bond donors (Lipinski definition) is 1. The third-order valence-corrected chi connectivity index (χ3v) is 5.96. The van der Waals surface area contributed by atoms with Gasteiger partial charge in [0.1, 0.15) is 0 Å². The monoisotopic (exact) mass is 368 g/mol. The maximum Gasteiger partial charge on any atom is 0.264 e. The summed E-state index contributed by atoms with van der Waals surface area (Å²) in [4.78, 5) is 16.4. The molecule has 0 bridgehead atoms. The minimum Gasteiger partial charge on any atom is -0.330 e. The number of nitrogens with one attached hydrogen (secondary N) is 1. The van der Waals surface area contributed by atoms with Crippen LogP contribution in [0.15, 0.2) is 18.3 Å². The summed E-state index contributed by atoms with van der Waals surface area (Å²) in [6.07, 6.45) is 2.80. The Morgan fingerprint density at radius 1 is 1.46 bits per heavy atom. The molecule has 1 atom stereocenters. The average Bonchev–Trinajstić information content (AvgIpc) is 3.10. The summed E-state index contributed by atoms with van der Waals surface area (Å²) >= 11 is 1.49. The van der Waals surface area contributed by atoms with Crippen LogP contribution in [0.2, 0.25) is 0 Å². The van der Waals surface area contributed by atoms with E-state index in [9.17, 15) is 13.2 Å². The summed E-state index contributed by atoms with van der Waals surface area (Å²) in [6, 6.07) is 3.56. The van der Waals surface area contributed by atoms with Crippen LogP contribution in [0.1, 0.15) is 31.8 Å². The van der Waals surface area contributed by atoms with Gasteiger partial charge in [-0.15, -0.1) is 11.3 Å². The van der Waals surface area contributed by atoms with Crippen LogP contribution in [0.25, 0.3) is 0 Å². The minimum absolute atomic E-state index is 0.0204. The lowest BCUT2D eigenvalue weighted by molar-refractivity contribution is 0.0676. The quantitative estimate of drug-likeness (QED) is 0.882. The second kappa shape index (κ2) is 6.30. The predicted molar refractivity (Wildman–Crippen MR) is 92.6 cm³/mol. The molecule has 2 aromatic heterocycles. The Bertz CT molecular complexity index is 850. The van der Waals surface area contributed by atoms with E-state index in [4.69, 9.17) is 0 Å². The molecule has 0 fully saturated rings. The zero-order valence-electron chi connectivity index (χ0n) is 13.8. The molecule has 2 aromatic rings. The molecule has 0 aliphatic carbocycles. The fourth-order valence-corrected chi connectivity index (χ4v) is 4.27. The summed E-state index contributed by atoms with van der Waals surface area (Å²) in [5.41, 5.74) is 2.01. The van der Waals surface area contributed by atoms with Gasteiger partial charge in [-0.25, -0.2) is 13.1 Å². The van der Waals surface area contributed by atoms with Gasteiger partial charge in [-0.2, -0.15) is 5.10 Å². The smallest absolute Gasteiger partial charge is 0.264 e. The number of aromatic nitrogens is 2. The third-order valence-electron chi connectivity index (χ3n) is 4.13. The van der Waals surface area contributed by atoms with Crippen molar-refractivity contribution >= 4 is 27.3 Å². The number of rotatable bonds is 4. The fraction of sp³-hybridized carbons (Fsp3) is 0.467. The Labute approximate surface area is 145 Å². The van der Waals surface area contributed by atoms with Crippen LogP contribution in [-0.2, 0) is 16.6 Å². The summed E-state index contributed by atoms with van der Waals surface area (Å²) in [5, 5.41) is 4.27. The lowest BCUT2D eigenvalue weighted by Gasteiger charge is -2.33. The molecular formula is C15H20N4O3S2. The third kappa shape index (κ3) is 3.52. The Hall–Kier alpha value is -1.71. The van der Waals surface area contributed by atoms with Crippen LogP contribution in [0.3, 0.4) is 0 Å². The van der Waals surface area contributed by atoms with Crippen LogP contribution in [0.4, 0.5) is 0 Å². The van der Waals surface area contributed by atoms with Crippen LogP contribution in [0, 0.1) is 13.8 Å². The highest BCUT2D eigenvalue weighted by atomic mass is 32.2. The SMILES string of the molecule is Cc1cc(C(=O)N2Cc3ccnn3[C@@H](CNS(C)(=O)=O)C2)sc1C. The van der Waals surface area contributed by atoms with Gasteiger partial charge in [0.25, 0.3) is 5.91 Å². The van der Waals surface area contributed by atoms with Crippen molar-refractivity contribution in [2.75, 3.05) is 19.3 Å². The molecule has 24 heavy (non-hydrogen) atoms. The first-order valence-electron chi connectivity index (χ1n) is 7.58. The normalized spacial score (nSPS) is 17.8. The van der Waals surface area contributed by atoms with Crippen molar-refractivity contribution in [3.63, 3.8) is 0 Å². The van der Waals surface area contributed by atoms with Crippen molar-refractivity contribution < 1.29 is 13.2 Å². The van der Waals surface area contributed by atoms with Gasteiger partial charge in [0.05, 0.1) is 29.4 Å². The topological polar surface area (TPSA) is 84.3 Å². The Kier molecular flexibility index (Phi) is 4.50. The van der Waals surface area contributed by atoms with Crippen molar-refractivity contribution in [2.45, 2.75) is 26.4 Å². The Balaban J connectivity index is 1.82. The molecule has 0 aromatic carbocycles. The van der Waals surface area contributed by atoms with E-state index in [-0.39, 0.29) is 18.5 Å². The van der Waals surface area contributed by atoms with Gasteiger partial charge in [0, 0.05) is 24.2 Å². The number of amides is 1. The van der Waals surface area contributed by atoms with E-state index in [1.54, 1.807) is 15.8 Å². The molecule has 0 spiro atoms. The number of thiophene rings is 1. The zero-order chi connectivity index (χ0) is 17.5. The van der Waals surface area contributed by atoms with Crippen molar-refractivity contribution in [3.8, 4) is 0 Å². The number of aryl methyl sites for hydroxylation is 2. The zero-order valence-corrected chi connectivity index (χ0v) is 15.4. The molecule has 3 rings (SSSR count). The first kappa shape index (κ1) is 17.1. The van der Waals surface area contributed by atoms with E-state index >= 15 is 0 Å². The van der Waals surface area contributed by atoms with Crippen LogP contribution in [-0.4, -0.2) is 48.4 Å². The van der Waals surface area contributed by atoms with Gasteiger partial charge in [-0.1, -0.05) is 0 Å². The van der Waals surface area contributed by atoms with E-state index in [0.717, 1.165) is 22.4 Å². The van der Waals surface area contributed by atoms with Gasteiger partial charge in [0.15, 0.2) is 0 Å². The highest BCUT2D eigenvalue weighted by Gasteiger charge is 2.30. The molecule has 1 amide bonds. The molecule has 7 nitrogen and oxygen atoms in total. The second-order valence-electron chi connectivity index (χ2n) is 6.08. The van der Waals surface area contributed by atoms with Crippen LogP contribution >= 0.6 is 11.3 Å². The van der Waals surface area contributed by atoms with Gasteiger partial charge < -0.3 is 4.90 Å². The first-order chi connectivity index (χ1) is 11.2. The van der Waals surface area contributed by atoms with Crippen LogP contribution < -0.4 is 4.72 Å². The van der Waals surface area contributed by atoms with Gasteiger partial charge in [-0.05, 0) is 31.5 Å². The lowest BCUT2D eigenvalue weighted by atomic mass is 10.2. The predicted octanol–water partition coefficient (Wildman–Crippen LogP) is 1.31. The van der Waals surface area contributed by atoms with Crippen molar-refractivity contribution in [1.82, 2.24) is 19.4 Å². The maximum absolute atomic E-state index is 12.8. The molecule has 1 aliphatic heterocycles. The fourth-order valence-electron chi connectivity index (χ4n) is 2.78. The molecule has 9 heteroatoms. The van der Waals surface area contributed by atoms with Crippen molar-refractivity contribution in [1.29, 1.82) is 0 Å². The molecular weight excluding hydrogens is 348 g/mol. The van der Waals surface area contributed by atoms with E-state index in [0.29, 0.717) is 18.0 Å². The minimum atomic E-state index is -3.29. The standard InChI is InChI=1S/C15H20N4O3S2/c1-10-6-14(23-11(10)2)15(20)18-8-12-4-5-16-19(12)13(9-18)7-17-24(3,21)22/h4-6,13,17H,7-9H2,1-3H3/t13-/m0/s1. The maximum atomic E-state index is 12.8. The number of hydrogen-bond acceptors (Lipinski definition) is 5. The summed E-state index contributed by atoms with van der Waals surface area (Å²) < 4.78 is 27.1. The molecule has 0 radical (unpaired) electrons. The molecule has 1 aliphatic rings. The molecule has 0 unspecified atom stereocenters. The van der Waals surface area contributed by atoms with Crippen molar-refractivity contribution in [2.24, 2.45) is 0 Å². The first-order valence-corrected chi connectivity index (χ1v) is 10.3. The summed E-state index contributed by atoms with van der Waals surface area (Å²) in [7, 11) is -3.29. The van der Waals surface area contributed by atoms with Crippen molar-refractivity contribution in [3.05, 3.63) is 39.3 Å². The van der Waals surface area contributed by atoms with E-state index in [1.807, 2.05) is 26.0 Å². The Morgan fingerprint density at radius 2 is 2.21 bits per heavy atom. The average molecular weight is 368 g/mol. The Morgan fingerprint density at radius 3 is 2.83 bits per heavy atom. The van der Waals surface area contributed by atoms with E-state index < -0.39 is 10.0 Å². The summed E-state index contributed by atoms with van der Waals surface area (Å²) in [6.45, 7) is 5.10. The number of fused-ring (bicyclic) bond motifs is 1. The number of carbonyl (C=O) groups excluding carboxylic acids is 1.